The van der Waals surface area contributed by atoms with Crippen molar-refractivity contribution < 1.29 is 9.13 Å². The second-order valence-electron chi connectivity index (χ2n) is 7.80. The van der Waals surface area contributed by atoms with Gasteiger partial charge in [0.2, 0.25) is 0 Å². The highest BCUT2D eigenvalue weighted by Gasteiger charge is 2.23. The lowest BCUT2D eigenvalue weighted by molar-refractivity contribution is 0.228. The quantitative estimate of drug-likeness (QED) is 0.447. The van der Waals surface area contributed by atoms with Crippen molar-refractivity contribution >= 4 is 5.82 Å². The van der Waals surface area contributed by atoms with Crippen LogP contribution in [-0.4, -0.2) is 19.5 Å². The molecule has 1 unspecified atom stereocenters. The smallest absolute Gasteiger partial charge is 0.166 e. The van der Waals surface area contributed by atoms with Crippen molar-refractivity contribution in [2.24, 2.45) is 0 Å². The van der Waals surface area contributed by atoms with Crippen LogP contribution in [0.5, 0.6) is 5.75 Å². The molecule has 2 bridgehead atoms. The first-order valence-corrected chi connectivity index (χ1v) is 10.1. The van der Waals surface area contributed by atoms with Crippen LogP contribution in [0.3, 0.4) is 0 Å². The lowest BCUT2D eigenvalue weighted by Crippen LogP contribution is -2.11. The Morgan fingerprint density at radius 1 is 1.19 bits per heavy atom. The number of fused-ring (bicyclic) bond motifs is 7. The summed E-state index contributed by atoms with van der Waals surface area (Å²) in [4.78, 5) is 12.9. The number of nitrogens with zero attached hydrogens (tertiary/aromatic N) is 5. The standard InChI is InChI=1S/C24H19FN6O/c1-13-3-4-18-19(5-13)14(2)32-21-7-15(9-29-24(21)27)23-20(8-26)30-12-31(23)11-16-6-17(25)10-28-22(16)18/h3-7,9-10,12,14H,11H2,1-2H3,(H2,27,29). The Morgan fingerprint density at radius 2 is 2.03 bits per heavy atom. The number of nitriles is 1. The number of aromatic nitrogens is 4. The Bertz CT molecular complexity index is 1400. The molecule has 0 saturated carbocycles. The molecule has 158 valence electrons. The Kier molecular flexibility index (Phi) is 4.59. The summed E-state index contributed by atoms with van der Waals surface area (Å²) in [5, 5.41) is 9.62. The van der Waals surface area contributed by atoms with E-state index in [1.54, 1.807) is 23.2 Å². The van der Waals surface area contributed by atoms with E-state index < -0.39 is 5.82 Å². The second kappa shape index (κ2) is 7.46. The Hall–Kier alpha value is -4.25. The van der Waals surface area contributed by atoms with Gasteiger partial charge in [0, 0.05) is 28.5 Å². The number of nitrogen functional groups attached to an aromatic ring is 1. The van der Waals surface area contributed by atoms with Gasteiger partial charge < -0.3 is 15.0 Å². The normalized spacial score (nSPS) is 14.6. The van der Waals surface area contributed by atoms with Gasteiger partial charge in [-0.2, -0.15) is 5.26 Å². The molecule has 7 nitrogen and oxygen atoms in total. The average Bonchev–Trinajstić information content (AvgIpc) is 3.17. The summed E-state index contributed by atoms with van der Waals surface area (Å²) in [6.07, 6.45) is 3.96. The predicted octanol–water partition coefficient (Wildman–Crippen LogP) is 4.41. The number of ether oxygens (including phenoxy) is 1. The SMILES string of the molecule is Cc1ccc2c(c1)C(C)Oc1cc(cnc1N)-c1c(C#N)ncn1Cc1cc(F)cnc1-2. The molecule has 1 aromatic carbocycles. The van der Waals surface area contributed by atoms with Gasteiger partial charge in [-0.15, -0.1) is 0 Å². The summed E-state index contributed by atoms with van der Waals surface area (Å²) < 4.78 is 22.3. The minimum atomic E-state index is -0.438. The van der Waals surface area contributed by atoms with Crippen molar-refractivity contribution in [3.63, 3.8) is 0 Å². The lowest BCUT2D eigenvalue weighted by Gasteiger charge is -2.22. The van der Waals surface area contributed by atoms with Crippen LogP contribution in [0.25, 0.3) is 22.5 Å². The van der Waals surface area contributed by atoms with E-state index in [0.29, 0.717) is 28.3 Å². The molecule has 0 amide bonds. The molecule has 32 heavy (non-hydrogen) atoms. The topological polar surface area (TPSA) is 103 Å². The average molecular weight is 426 g/mol. The molecule has 1 aliphatic heterocycles. The van der Waals surface area contributed by atoms with Gasteiger partial charge in [0.15, 0.2) is 17.3 Å². The number of hydrogen-bond donors (Lipinski definition) is 1. The van der Waals surface area contributed by atoms with Gasteiger partial charge in [0.05, 0.1) is 30.5 Å². The largest absolute Gasteiger partial charge is 0.482 e. The number of hydrogen-bond acceptors (Lipinski definition) is 6. The van der Waals surface area contributed by atoms with Gasteiger partial charge >= 0.3 is 0 Å². The molecule has 4 heterocycles. The monoisotopic (exact) mass is 426 g/mol. The van der Waals surface area contributed by atoms with Crippen molar-refractivity contribution in [3.8, 4) is 34.3 Å². The number of pyridine rings is 2. The first-order chi connectivity index (χ1) is 15.4. The fraction of sp³-hybridized carbons (Fsp3) is 0.167. The van der Waals surface area contributed by atoms with Gasteiger partial charge in [-0.1, -0.05) is 23.8 Å². The van der Waals surface area contributed by atoms with Gasteiger partial charge in [-0.25, -0.2) is 14.4 Å². The summed E-state index contributed by atoms with van der Waals surface area (Å²) >= 11 is 0. The summed E-state index contributed by atoms with van der Waals surface area (Å²) in [6, 6.07) is 11.3. The number of halogens is 1. The van der Waals surface area contributed by atoms with E-state index >= 15 is 0 Å². The third-order valence-electron chi connectivity index (χ3n) is 5.58. The number of rotatable bonds is 0. The number of aryl methyl sites for hydroxylation is 1. The predicted molar refractivity (Wildman–Crippen MR) is 117 cm³/mol. The summed E-state index contributed by atoms with van der Waals surface area (Å²) in [5.74, 6) is 0.219. The summed E-state index contributed by atoms with van der Waals surface area (Å²) in [6.45, 7) is 4.19. The van der Waals surface area contributed by atoms with Crippen molar-refractivity contribution in [2.75, 3.05) is 5.73 Å². The highest BCUT2D eigenvalue weighted by atomic mass is 19.1. The maximum absolute atomic E-state index is 14.2. The van der Waals surface area contributed by atoms with E-state index in [0.717, 1.165) is 16.7 Å². The maximum atomic E-state index is 14.2. The molecule has 0 fully saturated rings. The van der Waals surface area contributed by atoms with Crippen molar-refractivity contribution in [1.82, 2.24) is 19.5 Å². The van der Waals surface area contributed by atoms with Crippen LogP contribution in [0, 0.1) is 24.1 Å². The molecule has 0 saturated heterocycles. The molecule has 0 radical (unpaired) electrons. The van der Waals surface area contributed by atoms with Gasteiger partial charge in [0.1, 0.15) is 18.0 Å². The third-order valence-corrected chi connectivity index (χ3v) is 5.58. The molecule has 2 N–H and O–H groups in total. The Balaban J connectivity index is 1.84. The Labute approximate surface area is 184 Å². The van der Waals surface area contributed by atoms with Gasteiger partial charge in [-0.05, 0) is 26.0 Å². The highest BCUT2D eigenvalue weighted by Crippen LogP contribution is 2.37. The van der Waals surface area contributed by atoms with Crippen molar-refractivity contribution in [2.45, 2.75) is 26.5 Å². The summed E-state index contributed by atoms with van der Waals surface area (Å²) in [5.41, 5.74) is 11.6. The Morgan fingerprint density at radius 3 is 2.84 bits per heavy atom. The van der Waals surface area contributed by atoms with Crippen molar-refractivity contribution in [1.29, 1.82) is 5.26 Å². The first-order valence-electron chi connectivity index (χ1n) is 10.1. The van der Waals surface area contributed by atoms with E-state index in [1.165, 1.54) is 12.3 Å². The molecule has 0 spiro atoms. The number of anilines is 1. The molecular weight excluding hydrogens is 407 g/mol. The molecule has 1 atom stereocenters. The van der Waals surface area contributed by atoms with Crippen LogP contribution in [0.15, 0.2) is 49.1 Å². The fourth-order valence-electron chi connectivity index (χ4n) is 4.08. The molecule has 1 aliphatic rings. The van der Waals surface area contributed by atoms with Crippen LogP contribution in [-0.2, 0) is 6.54 Å². The van der Waals surface area contributed by atoms with Crippen LogP contribution in [0.2, 0.25) is 0 Å². The summed E-state index contributed by atoms with van der Waals surface area (Å²) in [7, 11) is 0. The molecule has 4 aromatic rings. The number of benzene rings is 1. The molecule has 3 aromatic heterocycles. The number of nitrogens with two attached hydrogens (primary N) is 1. The third kappa shape index (κ3) is 3.24. The van der Waals surface area contributed by atoms with Crippen LogP contribution in [0.4, 0.5) is 10.2 Å². The van der Waals surface area contributed by atoms with Crippen molar-refractivity contribution in [3.05, 3.63) is 77.3 Å². The minimum absolute atomic E-state index is 0.231. The zero-order valence-electron chi connectivity index (χ0n) is 17.5. The van der Waals surface area contributed by atoms with Crippen LogP contribution >= 0.6 is 0 Å². The lowest BCUT2D eigenvalue weighted by atomic mass is 9.95. The molecule has 8 heteroatoms. The fourth-order valence-corrected chi connectivity index (χ4v) is 4.08. The van der Waals surface area contributed by atoms with E-state index in [1.807, 2.05) is 32.0 Å². The minimum Gasteiger partial charge on any atom is -0.482 e. The molecule has 0 aliphatic carbocycles. The highest BCUT2D eigenvalue weighted by molar-refractivity contribution is 5.71. The first kappa shape index (κ1) is 19.7. The molecular formula is C24H19FN6O. The van der Waals surface area contributed by atoms with E-state index in [4.69, 9.17) is 10.5 Å². The zero-order valence-corrected chi connectivity index (χ0v) is 17.5. The van der Waals surface area contributed by atoms with Gasteiger partial charge in [-0.3, -0.25) is 4.98 Å². The van der Waals surface area contributed by atoms with Crippen LogP contribution < -0.4 is 10.5 Å². The second-order valence-corrected chi connectivity index (χ2v) is 7.80. The van der Waals surface area contributed by atoms with E-state index in [9.17, 15) is 9.65 Å². The van der Waals surface area contributed by atoms with Gasteiger partial charge in [0.25, 0.3) is 0 Å². The molecule has 5 rings (SSSR count). The maximum Gasteiger partial charge on any atom is 0.166 e. The number of imidazole rings is 1. The van der Waals surface area contributed by atoms with E-state index in [2.05, 4.69) is 21.0 Å². The zero-order chi connectivity index (χ0) is 22.4. The van der Waals surface area contributed by atoms with Crippen LogP contribution in [0.1, 0.15) is 35.4 Å². The van der Waals surface area contributed by atoms with E-state index in [-0.39, 0.29) is 24.2 Å².